The summed E-state index contributed by atoms with van der Waals surface area (Å²) >= 11 is 3.22. The lowest BCUT2D eigenvalue weighted by Crippen LogP contribution is -1.92. The molecule has 96 valence electrons. The smallest absolute Gasteiger partial charge is 0.140 e. The first kappa shape index (κ1) is 14.7. The van der Waals surface area contributed by atoms with Crippen molar-refractivity contribution in [2.45, 2.75) is 58.3 Å². The van der Waals surface area contributed by atoms with Crippen LogP contribution >= 0.6 is 15.9 Å². The molecule has 17 heavy (non-hydrogen) atoms. The molecule has 2 heteroatoms. The second-order valence-corrected chi connectivity index (χ2v) is 5.44. The second kappa shape index (κ2) is 8.68. The molecule has 0 aromatic heterocycles. The highest BCUT2D eigenvalue weighted by molar-refractivity contribution is 9.10. The van der Waals surface area contributed by atoms with E-state index in [9.17, 15) is 4.39 Å². The van der Waals surface area contributed by atoms with E-state index in [2.05, 4.69) is 22.9 Å². The number of hydrogen-bond acceptors (Lipinski definition) is 0. The van der Waals surface area contributed by atoms with E-state index in [1.807, 2.05) is 12.1 Å². The number of hydrogen-bond donors (Lipinski definition) is 0. The summed E-state index contributed by atoms with van der Waals surface area (Å²) in [5.41, 5.74) is 0.841. The Kier molecular flexibility index (Phi) is 7.50. The fraction of sp³-hybridized carbons (Fsp3) is 0.600. The van der Waals surface area contributed by atoms with Crippen molar-refractivity contribution in [2.24, 2.45) is 0 Å². The van der Waals surface area contributed by atoms with Crippen molar-refractivity contribution in [2.75, 3.05) is 0 Å². The summed E-state index contributed by atoms with van der Waals surface area (Å²) in [6, 6.07) is 5.55. The maximum atomic E-state index is 13.6. The summed E-state index contributed by atoms with van der Waals surface area (Å²) in [6.45, 7) is 2.23. The van der Waals surface area contributed by atoms with Crippen LogP contribution < -0.4 is 0 Å². The van der Waals surface area contributed by atoms with E-state index < -0.39 is 0 Å². The number of unbranched alkanes of at least 4 members (excludes halogenated alkanes) is 6. The number of aryl methyl sites for hydroxylation is 1. The Morgan fingerprint density at radius 1 is 1.00 bits per heavy atom. The van der Waals surface area contributed by atoms with Gasteiger partial charge in [0.1, 0.15) is 5.82 Å². The molecule has 1 aromatic rings. The van der Waals surface area contributed by atoms with Crippen molar-refractivity contribution < 1.29 is 4.39 Å². The summed E-state index contributed by atoms with van der Waals surface area (Å²) in [5, 5.41) is 0. The van der Waals surface area contributed by atoms with E-state index in [0.717, 1.165) is 18.4 Å². The molecule has 0 nitrogen and oxygen atoms in total. The van der Waals surface area contributed by atoms with Crippen molar-refractivity contribution in [3.05, 3.63) is 34.1 Å². The zero-order valence-electron chi connectivity index (χ0n) is 10.6. The lowest BCUT2D eigenvalue weighted by atomic mass is 10.0. The minimum atomic E-state index is -0.0847. The molecule has 0 bridgehead atoms. The van der Waals surface area contributed by atoms with Crippen LogP contribution in [0.2, 0.25) is 0 Å². The molecule has 1 rings (SSSR count). The SMILES string of the molecule is CCCCCCCCCc1cccc(Br)c1F. The third kappa shape index (κ3) is 5.67. The summed E-state index contributed by atoms with van der Waals surface area (Å²) in [5.74, 6) is -0.0847. The van der Waals surface area contributed by atoms with Gasteiger partial charge < -0.3 is 0 Å². The average molecular weight is 301 g/mol. The maximum Gasteiger partial charge on any atom is 0.140 e. The quantitative estimate of drug-likeness (QED) is 0.526. The highest BCUT2D eigenvalue weighted by Gasteiger charge is 2.04. The molecule has 0 spiro atoms. The van der Waals surface area contributed by atoms with Crippen LogP contribution in [-0.2, 0) is 6.42 Å². The average Bonchev–Trinajstić information content (AvgIpc) is 2.33. The summed E-state index contributed by atoms with van der Waals surface area (Å²) in [4.78, 5) is 0. The minimum Gasteiger partial charge on any atom is -0.205 e. The van der Waals surface area contributed by atoms with E-state index in [0.29, 0.717) is 4.47 Å². The van der Waals surface area contributed by atoms with Crippen LogP contribution in [0.1, 0.15) is 57.4 Å². The number of halogens is 2. The monoisotopic (exact) mass is 300 g/mol. The van der Waals surface area contributed by atoms with Gasteiger partial charge in [-0.3, -0.25) is 0 Å². The zero-order chi connectivity index (χ0) is 12.5. The molecular weight excluding hydrogens is 279 g/mol. The molecule has 0 radical (unpaired) electrons. The molecule has 0 unspecified atom stereocenters. The van der Waals surface area contributed by atoms with Gasteiger partial charge in [0, 0.05) is 0 Å². The summed E-state index contributed by atoms with van der Waals surface area (Å²) in [6.07, 6.45) is 9.78. The Morgan fingerprint density at radius 2 is 1.65 bits per heavy atom. The Bertz CT molecular complexity index is 323. The third-order valence-electron chi connectivity index (χ3n) is 3.08. The Morgan fingerprint density at radius 3 is 2.35 bits per heavy atom. The van der Waals surface area contributed by atoms with Gasteiger partial charge in [-0.25, -0.2) is 4.39 Å². The number of benzene rings is 1. The van der Waals surface area contributed by atoms with Gasteiger partial charge in [0.05, 0.1) is 4.47 Å². The topological polar surface area (TPSA) is 0 Å². The van der Waals surface area contributed by atoms with Gasteiger partial charge in [0.25, 0.3) is 0 Å². The Labute approximate surface area is 113 Å². The van der Waals surface area contributed by atoms with Gasteiger partial charge in [0.15, 0.2) is 0 Å². The van der Waals surface area contributed by atoms with Crippen LogP contribution in [0.25, 0.3) is 0 Å². The Hall–Kier alpha value is -0.370. The highest BCUT2D eigenvalue weighted by atomic mass is 79.9. The standard InChI is InChI=1S/C15H22BrF/c1-2-3-4-5-6-7-8-10-13-11-9-12-14(16)15(13)17/h9,11-12H,2-8,10H2,1H3. The van der Waals surface area contributed by atoms with Gasteiger partial charge in [0.2, 0.25) is 0 Å². The van der Waals surface area contributed by atoms with E-state index in [4.69, 9.17) is 0 Å². The second-order valence-electron chi connectivity index (χ2n) is 4.58. The molecule has 0 fully saturated rings. The van der Waals surface area contributed by atoms with Gasteiger partial charge in [-0.05, 0) is 40.4 Å². The molecule has 0 amide bonds. The van der Waals surface area contributed by atoms with Crippen LogP contribution in [0.15, 0.2) is 22.7 Å². The van der Waals surface area contributed by atoms with Gasteiger partial charge in [-0.15, -0.1) is 0 Å². The fourth-order valence-electron chi connectivity index (χ4n) is 2.01. The molecule has 0 aliphatic rings. The molecule has 0 N–H and O–H groups in total. The lowest BCUT2D eigenvalue weighted by Gasteiger charge is -2.04. The third-order valence-corrected chi connectivity index (χ3v) is 3.69. The molecule has 0 aliphatic carbocycles. The maximum absolute atomic E-state index is 13.6. The minimum absolute atomic E-state index is 0.0847. The molecule has 0 heterocycles. The van der Waals surface area contributed by atoms with Crippen molar-refractivity contribution >= 4 is 15.9 Å². The Balaban J connectivity index is 2.16. The molecule has 0 saturated heterocycles. The predicted octanol–water partition coefficient (Wildman–Crippen LogP) is 5.88. The van der Waals surface area contributed by atoms with Crippen LogP contribution in [0.5, 0.6) is 0 Å². The van der Waals surface area contributed by atoms with E-state index >= 15 is 0 Å². The van der Waals surface area contributed by atoms with Crippen LogP contribution in [0.3, 0.4) is 0 Å². The largest absolute Gasteiger partial charge is 0.205 e. The van der Waals surface area contributed by atoms with Crippen molar-refractivity contribution in [1.29, 1.82) is 0 Å². The molecule has 0 saturated carbocycles. The van der Waals surface area contributed by atoms with Crippen LogP contribution in [0.4, 0.5) is 4.39 Å². The first-order valence-electron chi connectivity index (χ1n) is 6.68. The van der Waals surface area contributed by atoms with E-state index in [1.54, 1.807) is 6.07 Å². The first-order valence-corrected chi connectivity index (χ1v) is 7.48. The highest BCUT2D eigenvalue weighted by Crippen LogP contribution is 2.20. The van der Waals surface area contributed by atoms with Crippen molar-refractivity contribution in [3.8, 4) is 0 Å². The predicted molar refractivity (Wildman–Crippen MR) is 75.8 cm³/mol. The van der Waals surface area contributed by atoms with E-state index in [-0.39, 0.29) is 5.82 Å². The first-order chi connectivity index (χ1) is 8.25. The molecule has 0 aliphatic heterocycles. The fourth-order valence-corrected chi connectivity index (χ4v) is 2.42. The summed E-state index contributed by atoms with van der Waals surface area (Å²) < 4.78 is 14.2. The van der Waals surface area contributed by atoms with E-state index in [1.165, 1.54) is 38.5 Å². The lowest BCUT2D eigenvalue weighted by molar-refractivity contribution is 0.570. The molecule has 1 aromatic carbocycles. The van der Waals surface area contributed by atoms with Crippen molar-refractivity contribution in [3.63, 3.8) is 0 Å². The molecular formula is C15H22BrF. The number of rotatable bonds is 8. The van der Waals surface area contributed by atoms with Gasteiger partial charge in [-0.2, -0.15) is 0 Å². The van der Waals surface area contributed by atoms with Crippen LogP contribution in [-0.4, -0.2) is 0 Å². The summed E-state index contributed by atoms with van der Waals surface area (Å²) in [7, 11) is 0. The van der Waals surface area contributed by atoms with Gasteiger partial charge >= 0.3 is 0 Å². The normalized spacial score (nSPS) is 10.8. The molecule has 0 atom stereocenters. The van der Waals surface area contributed by atoms with Gasteiger partial charge in [-0.1, -0.05) is 57.6 Å². The van der Waals surface area contributed by atoms with Crippen LogP contribution in [0, 0.1) is 5.82 Å². The van der Waals surface area contributed by atoms with Crippen molar-refractivity contribution in [1.82, 2.24) is 0 Å². The zero-order valence-corrected chi connectivity index (χ0v) is 12.2.